The predicted octanol–water partition coefficient (Wildman–Crippen LogP) is 2.17. The van der Waals surface area contributed by atoms with Gasteiger partial charge in [0.05, 0.1) is 0 Å². The second kappa shape index (κ2) is 5.82. The number of anilines is 1. The van der Waals surface area contributed by atoms with Crippen molar-refractivity contribution in [1.82, 2.24) is 0 Å². The molecule has 2 aromatic carbocycles. The van der Waals surface area contributed by atoms with Crippen molar-refractivity contribution in [3.05, 3.63) is 59.2 Å². The quantitative estimate of drug-likeness (QED) is 0.906. The largest absolute Gasteiger partial charge is 0.322 e. The minimum atomic E-state index is -4.28. The number of nitrogens with one attached hydrogen (secondary N) is 1. The number of carbonyl (C=O) groups excluding carboxylic acids is 1. The first-order valence-electron chi connectivity index (χ1n) is 6.08. The topological polar surface area (TPSA) is 89.3 Å². The van der Waals surface area contributed by atoms with Crippen molar-refractivity contribution in [2.24, 2.45) is 5.14 Å². The lowest BCUT2D eigenvalue weighted by molar-refractivity contribution is 0.102. The van der Waals surface area contributed by atoms with Crippen molar-refractivity contribution < 1.29 is 22.0 Å². The molecule has 0 bridgehead atoms. The zero-order valence-electron chi connectivity index (χ0n) is 11.4. The van der Waals surface area contributed by atoms with Crippen molar-refractivity contribution in [2.45, 2.75) is 11.8 Å². The number of sulfonamides is 1. The summed E-state index contributed by atoms with van der Waals surface area (Å²) in [6.45, 7) is 1.53. The molecule has 0 fully saturated rings. The number of carbonyl (C=O) groups is 1. The molecule has 0 aliphatic rings. The van der Waals surface area contributed by atoms with E-state index in [1.165, 1.54) is 25.1 Å². The van der Waals surface area contributed by atoms with Gasteiger partial charge in [0.15, 0.2) is 0 Å². The molecular weight excluding hydrogens is 314 g/mol. The molecule has 3 N–H and O–H groups in total. The number of hydrogen-bond donors (Lipinski definition) is 2. The van der Waals surface area contributed by atoms with Crippen LogP contribution in [0.4, 0.5) is 14.5 Å². The zero-order valence-corrected chi connectivity index (χ0v) is 12.2. The van der Waals surface area contributed by atoms with Gasteiger partial charge in [0, 0.05) is 11.3 Å². The summed E-state index contributed by atoms with van der Waals surface area (Å²) in [6, 6.07) is 6.75. The van der Waals surface area contributed by atoms with E-state index < -0.39 is 32.5 Å². The molecule has 8 heteroatoms. The summed E-state index contributed by atoms with van der Waals surface area (Å²) >= 11 is 0. The van der Waals surface area contributed by atoms with E-state index in [0.717, 1.165) is 18.2 Å². The normalized spacial score (nSPS) is 11.3. The smallest absolute Gasteiger partial charge is 0.255 e. The van der Waals surface area contributed by atoms with Gasteiger partial charge in [-0.1, -0.05) is 0 Å². The van der Waals surface area contributed by atoms with E-state index in [9.17, 15) is 22.0 Å². The summed E-state index contributed by atoms with van der Waals surface area (Å²) in [6.07, 6.45) is 0. The maximum Gasteiger partial charge on any atom is 0.255 e. The molecule has 0 atom stereocenters. The summed E-state index contributed by atoms with van der Waals surface area (Å²) in [5, 5.41) is 7.34. The Morgan fingerprint density at radius 1 is 1.09 bits per heavy atom. The van der Waals surface area contributed by atoms with Crippen molar-refractivity contribution in [1.29, 1.82) is 0 Å². The third-order valence-corrected chi connectivity index (χ3v) is 3.84. The van der Waals surface area contributed by atoms with E-state index in [2.05, 4.69) is 5.32 Å². The van der Waals surface area contributed by atoms with E-state index in [-0.39, 0.29) is 5.56 Å². The van der Waals surface area contributed by atoms with E-state index >= 15 is 0 Å². The number of nitrogens with two attached hydrogens (primary N) is 1. The Morgan fingerprint density at radius 2 is 1.73 bits per heavy atom. The molecule has 116 valence electrons. The first-order chi connectivity index (χ1) is 10.2. The molecule has 2 rings (SSSR count). The summed E-state index contributed by atoms with van der Waals surface area (Å²) < 4.78 is 49.0. The average Bonchev–Trinajstić information content (AvgIpc) is 2.42. The molecule has 0 radical (unpaired) electrons. The molecule has 0 saturated heterocycles. The van der Waals surface area contributed by atoms with Gasteiger partial charge < -0.3 is 5.32 Å². The highest BCUT2D eigenvalue weighted by atomic mass is 32.2. The molecule has 5 nitrogen and oxygen atoms in total. The number of hydrogen-bond acceptors (Lipinski definition) is 3. The minimum absolute atomic E-state index is 0.0904. The van der Waals surface area contributed by atoms with Crippen molar-refractivity contribution in [3.8, 4) is 0 Å². The molecule has 0 aliphatic carbocycles. The predicted molar refractivity (Wildman–Crippen MR) is 76.9 cm³/mol. The fraction of sp³-hybridized carbons (Fsp3) is 0.0714. The Kier molecular flexibility index (Phi) is 4.25. The highest BCUT2D eigenvalue weighted by Crippen LogP contribution is 2.18. The van der Waals surface area contributed by atoms with Gasteiger partial charge in [-0.15, -0.1) is 0 Å². The maximum atomic E-state index is 13.4. The van der Waals surface area contributed by atoms with Crippen LogP contribution in [0.3, 0.4) is 0 Å². The molecule has 22 heavy (non-hydrogen) atoms. The zero-order chi connectivity index (χ0) is 16.5. The number of rotatable bonds is 3. The Bertz CT molecular complexity index is 851. The highest BCUT2D eigenvalue weighted by molar-refractivity contribution is 7.89. The van der Waals surface area contributed by atoms with Crippen LogP contribution in [0.1, 0.15) is 15.9 Å². The third kappa shape index (κ3) is 3.46. The molecule has 1 amide bonds. The number of benzene rings is 2. The van der Waals surface area contributed by atoms with Gasteiger partial charge in [-0.05, 0) is 48.9 Å². The van der Waals surface area contributed by atoms with Gasteiger partial charge >= 0.3 is 0 Å². The van der Waals surface area contributed by atoms with E-state index in [1.54, 1.807) is 0 Å². The lowest BCUT2D eigenvalue weighted by atomic mass is 10.2. The van der Waals surface area contributed by atoms with Crippen molar-refractivity contribution in [3.63, 3.8) is 0 Å². The van der Waals surface area contributed by atoms with Crippen LogP contribution in [0, 0.1) is 18.6 Å². The van der Waals surface area contributed by atoms with E-state index in [0.29, 0.717) is 11.3 Å². The summed E-state index contributed by atoms with van der Waals surface area (Å²) in [5.41, 5.74) is 0.569. The lowest BCUT2D eigenvalue weighted by Gasteiger charge is -2.08. The SMILES string of the molecule is Cc1cc(NC(=O)c2ccc(F)c(S(N)(=O)=O)c2)ccc1F. The highest BCUT2D eigenvalue weighted by Gasteiger charge is 2.17. The van der Waals surface area contributed by atoms with Crippen LogP contribution in [-0.2, 0) is 10.0 Å². The van der Waals surface area contributed by atoms with Gasteiger partial charge in [0.25, 0.3) is 5.91 Å². The molecule has 0 aliphatic heterocycles. The monoisotopic (exact) mass is 326 g/mol. The van der Waals surface area contributed by atoms with Crippen LogP contribution in [0.2, 0.25) is 0 Å². The Morgan fingerprint density at radius 3 is 2.32 bits per heavy atom. The van der Waals surface area contributed by atoms with Crippen LogP contribution in [0.25, 0.3) is 0 Å². The van der Waals surface area contributed by atoms with Crippen LogP contribution < -0.4 is 10.5 Å². The van der Waals surface area contributed by atoms with Gasteiger partial charge in [0.2, 0.25) is 10.0 Å². The molecule has 0 saturated carbocycles. The number of primary sulfonamides is 1. The molecule has 0 heterocycles. The van der Waals surface area contributed by atoms with Crippen LogP contribution >= 0.6 is 0 Å². The number of aryl methyl sites for hydroxylation is 1. The Labute approximate surface area is 125 Å². The molecule has 0 unspecified atom stereocenters. The average molecular weight is 326 g/mol. The Balaban J connectivity index is 2.32. The van der Waals surface area contributed by atoms with E-state index in [4.69, 9.17) is 5.14 Å². The first-order valence-corrected chi connectivity index (χ1v) is 7.63. The molecule has 0 spiro atoms. The molecular formula is C14H12F2N2O3S. The summed E-state index contributed by atoms with van der Waals surface area (Å²) in [5.74, 6) is -2.14. The number of amides is 1. The first kappa shape index (κ1) is 16.1. The molecule has 2 aromatic rings. The van der Waals surface area contributed by atoms with Crippen LogP contribution in [-0.4, -0.2) is 14.3 Å². The third-order valence-electron chi connectivity index (χ3n) is 2.92. The van der Waals surface area contributed by atoms with Crippen molar-refractivity contribution >= 4 is 21.6 Å². The summed E-state index contributed by atoms with van der Waals surface area (Å²) in [4.78, 5) is 11.3. The van der Waals surface area contributed by atoms with Crippen LogP contribution in [0.5, 0.6) is 0 Å². The van der Waals surface area contributed by atoms with Crippen LogP contribution in [0.15, 0.2) is 41.3 Å². The van der Waals surface area contributed by atoms with Gasteiger partial charge in [-0.2, -0.15) is 0 Å². The fourth-order valence-corrected chi connectivity index (χ4v) is 2.42. The van der Waals surface area contributed by atoms with Gasteiger partial charge in [-0.25, -0.2) is 22.3 Å². The standard InChI is InChI=1S/C14H12F2N2O3S/c1-8-6-10(3-5-11(8)15)18-14(19)9-2-4-12(16)13(7-9)22(17,20)21/h2-7H,1H3,(H,18,19)(H2,17,20,21). The lowest BCUT2D eigenvalue weighted by Crippen LogP contribution is -2.17. The van der Waals surface area contributed by atoms with E-state index in [1.807, 2.05) is 0 Å². The van der Waals surface area contributed by atoms with Crippen molar-refractivity contribution in [2.75, 3.05) is 5.32 Å². The number of halogens is 2. The molecule has 0 aromatic heterocycles. The maximum absolute atomic E-state index is 13.4. The van der Waals surface area contributed by atoms with Gasteiger partial charge in [0.1, 0.15) is 16.5 Å². The summed E-state index contributed by atoms with van der Waals surface area (Å²) in [7, 11) is -4.28. The minimum Gasteiger partial charge on any atom is -0.322 e. The fourth-order valence-electron chi connectivity index (χ4n) is 1.79. The van der Waals surface area contributed by atoms with Gasteiger partial charge in [-0.3, -0.25) is 4.79 Å². The second-order valence-electron chi connectivity index (χ2n) is 4.61. The second-order valence-corrected chi connectivity index (χ2v) is 6.14. The Hall–Kier alpha value is -2.32.